The Hall–Kier alpha value is -2.65. The number of benzene rings is 2. The molecule has 3 nitrogen and oxygen atoms in total. The van der Waals surface area contributed by atoms with E-state index >= 15 is 0 Å². The van der Waals surface area contributed by atoms with E-state index in [-0.39, 0.29) is 0 Å². The molecule has 0 aliphatic carbocycles. The van der Waals surface area contributed by atoms with Gasteiger partial charge in [0.2, 0.25) is 0 Å². The van der Waals surface area contributed by atoms with Crippen LogP contribution in [0.15, 0.2) is 78.8 Å². The minimum atomic E-state index is 0.582. The second-order valence-corrected chi connectivity index (χ2v) is 6.80. The number of anilines is 1. The van der Waals surface area contributed by atoms with Crippen LogP contribution in [0.3, 0.4) is 0 Å². The fourth-order valence-corrected chi connectivity index (χ4v) is 2.94. The summed E-state index contributed by atoms with van der Waals surface area (Å²) in [4.78, 5) is 0. The second-order valence-electron chi connectivity index (χ2n) is 6.36. The van der Waals surface area contributed by atoms with Crippen LogP contribution >= 0.6 is 11.6 Å². The van der Waals surface area contributed by atoms with Gasteiger partial charge in [0.1, 0.15) is 0 Å². The Bertz CT molecular complexity index is 823. The number of hydrogen-bond donors (Lipinski definition) is 3. The Kier molecular flexibility index (Phi) is 8.02. The summed E-state index contributed by atoms with van der Waals surface area (Å²) in [5.74, 6) is 0. The summed E-state index contributed by atoms with van der Waals surface area (Å²) in [6.07, 6.45) is 5.85. The largest absolute Gasteiger partial charge is 0.396 e. The molecule has 0 unspecified atom stereocenters. The Labute approximate surface area is 167 Å². The van der Waals surface area contributed by atoms with Gasteiger partial charge in [0.05, 0.1) is 11.4 Å². The van der Waals surface area contributed by atoms with Crippen LogP contribution in [0.1, 0.15) is 30.9 Å². The van der Waals surface area contributed by atoms with E-state index in [9.17, 15) is 0 Å². The molecule has 2 aromatic rings. The number of nitrogens with one attached hydrogen (secondary N) is 2. The van der Waals surface area contributed by atoms with Gasteiger partial charge < -0.3 is 16.4 Å². The Morgan fingerprint density at radius 2 is 1.93 bits per heavy atom. The van der Waals surface area contributed by atoms with Crippen molar-refractivity contribution in [3.05, 3.63) is 94.9 Å². The number of nitrogens with two attached hydrogens (primary N) is 1. The molecule has 0 heterocycles. The summed E-state index contributed by atoms with van der Waals surface area (Å²) in [5.41, 5.74) is 12.1. The first-order valence-electron chi connectivity index (χ1n) is 9.17. The molecule has 0 atom stereocenters. The molecule has 0 spiro atoms. The molecule has 0 bridgehead atoms. The first-order valence-corrected chi connectivity index (χ1v) is 9.55. The molecule has 2 rings (SSSR count). The van der Waals surface area contributed by atoms with Crippen LogP contribution in [0.5, 0.6) is 0 Å². The van der Waals surface area contributed by atoms with Crippen LogP contribution in [0.25, 0.3) is 5.57 Å². The monoisotopic (exact) mass is 381 g/mol. The predicted octanol–water partition coefficient (Wildman–Crippen LogP) is 5.85. The maximum Gasteiger partial charge on any atom is 0.0706 e. The summed E-state index contributed by atoms with van der Waals surface area (Å²) >= 11 is 6.18. The van der Waals surface area contributed by atoms with Gasteiger partial charge in [0, 0.05) is 23.5 Å². The highest BCUT2D eigenvalue weighted by molar-refractivity contribution is 6.30. The number of halogens is 1. The van der Waals surface area contributed by atoms with Crippen LogP contribution in [-0.2, 0) is 0 Å². The topological polar surface area (TPSA) is 50.1 Å². The van der Waals surface area contributed by atoms with Gasteiger partial charge in [-0.05, 0) is 60.7 Å². The lowest BCUT2D eigenvalue weighted by Crippen LogP contribution is -2.20. The Morgan fingerprint density at radius 3 is 2.63 bits per heavy atom. The first kappa shape index (κ1) is 20.7. The minimum Gasteiger partial charge on any atom is -0.396 e. The minimum absolute atomic E-state index is 0.582. The Morgan fingerprint density at radius 1 is 1.19 bits per heavy atom. The molecule has 4 N–H and O–H groups in total. The standard InChI is InChI=1S/C23H28ClN3/c1-4-8-19(22-15-20(24)12-11-17(22)2)13-14-26-18(3)23(25)16-27-21-9-6-5-7-10-21/h5-12,15-16,26-27H,3-4,13-14,25H2,1-2H3/b19-8-,23-16-. The average Bonchev–Trinajstić information content (AvgIpc) is 2.68. The van der Waals surface area contributed by atoms with Crippen molar-refractivity contribution < 1.29 is 0 Å². The van der Waals surface area contributed by atoms with Crippen LogP contribution in [-0.4, -0.2) is 6.54 Å². The van der Waals surface area contributed by atoms with E-state index in [1.54, 1.807) is 6.20 Å². The van der Waals surface area contributed by atoms with Crippen molar-refractivity contribution >= 4 is 22.9 Å². The predicted molar refractivity (Wildman–Crippen MR) is 119 cm³/mol. The number of aryl methyl sites for hydroxylation is 1. The van der Waals surface area contributed by atoms with E-state index in [0.717, 1.165) is 30.1 Å². The van der Waals surface area contributed by atoms with Crippen LogP contribution in [0, 0.1) is 6.92 Å². The third-order valence-corrected chi connectivity index (χ3v) is 4.48. The van der Waals surface area contributed by atoms with Gasteiger partial charge in [-0.3, -0.25) is 0 Å². The van der Waals surface area contributed by atoms with E-state index in [0.29, 0.717) is 11.4 Å². The van der Waals surface area contributed by atoms with Gasteiger partial charge in [0.15, 0.2) is 0 Å². The summed E-state index contributed by atoms with van der Waals surface area (Å²) in [6, 6.07) is 15.9. The number of allylic oxidation sites excluding steroid dienone is 1. The summed E-state index contributed by atoms with van der Waals surface area (Å²) in [7, 11) is 0. The highest BCUT2D eigenvalue weighted by atomic mass is 35.5. The highest BCUT2D eigenvalue weighted by Crippen LogP contribution is 2.25. The average molecular weight is 382 g/mol. The van der Waals surface area contributed by atoms with Crippen molar-refractivity contribution in [2.45, 2.75) is 26.7 Å². The van der Waals surface area contributed by atoms with Gasteiger partial charge >= 0.3 is 0 Å². The lowest BCUT2D eigenvalue weighted by molar-refractivity contribution is 0.815. The fourth-order valence-electron chi connectivity index (χ4n) is 2.77. The molecular formula is C23H28ClN3. The molecule has 0 saturated heterocycles. The smallest absolute Gasteiger partial charge is 0.0706 e. The van der Waals surface area contributed by atoms with E-state index in [4.69, 9.17) is 17.3 Å². The Balaban J connectivity index is 1.93. The number of hydrogen-bond acceptors (Lipinski definition) is 3. The summed E-state index contributed by atoms with van der Waals surface area (Å²) < 4.78 is 0. The molecule has 2 aromatic carbocycles. The van der Waals surface area contributed by atoms with Gasteiger partial charge in [-0.1, -0.05) is 55.4 Å². The maximum absolute atomic E-state index is 6.18. The lowest BCUT2D eigenvalue weighted by atomic mass is 9.97. The lowest BCUT2D eigenvalue weighted by Gasteiger charge is -2.14. The zero-order valence-electron chi connectivity index (χ0n) is 16.1. The van der Waals surface area contributed by atoms with Crippen molar-refractivity contribution in [2.75, 3.05) is 11.9 Å². The number of para-hydroxylation sites is 1. The van der Waals surface area contributed by atoms with Crippen LogP contribution in [0.2, 0.25) is 5.02 Å². The molecule has 0 fully saturated rings. The quantitative estimate of drug-likeness (QED) is 0.477. The maximum atomic E-state index is 6.18. The van der Waals surface area contributed by atoms with Crippen molar-refractivity contribution in [3.63, 3.8) is 0 Å². The molecule has 27 heavy (non-hydrogen) atoms. The van der Waals surface area contributed by atoms with E-state index < -0.39 is 0 Å². The van der Waals surface area contributed by atoms with Crippen LogP contribution < -0.4 is 16.4 Å². The van der Waals surface area contributed by atoms with E-state index in [1.807, 2.05) is 42.5 Å². The zero-order valence-corrected chi connectivity index (χ0v) is 16.8. The van der Waals surface area contributed by atoms with Crippen LogP contribution in [0.4, 0.5) is 5.69 Å². The molecule has 0 radical (unpaired) electrons. The molecule has 4 heteroatoms. The molecule has 142 valence electrons. The van der Waals surface area contributed by atoms with Crippen molar-refractivity contribution in [1.82, 2.24) is 5.32 Å². The normalized spacial score (nSPS) is 12.0. The van der Waals surface area contributed by atoms with Crippen molar-refractivity contribution in [2.24, 2.45) is 5.73 Å². The van der Waals surface area contributed by atoms with E-state index in [1.165, 1.54) is 16.7 Å². The number of rotatable bonds is 9. The molecule has 0 aliphatic rings. The van der Waals surface area contributed by atoms with Gasteiger partial charge in [0.25, 0.3) is 0 Å². The second kappa shape index (κ2) is 10.5. The van der Waals surface area contributed by atoms with Gasteiger partial charge in [-0.25, -0.2) is 0 Å². The fraction of sp³-hybridized carbons (Fsp3) is 0.217. The zero-order chi connectivity index (χ0) is 19.6. The SMILES string of the molecule is C=C(NCC/C(=C/CC)c1cc(Cl)ccc1C)/C(N)=C/Nc1ccccc1. The summed E-state index contributed by atoms with van der Waals surface area (Å²) in [6.45, 7) is 9.03. The van der Waals surface area contributed by atoms with Gasteiger partial charge in [-0.2, -0.15) is 0 Å². The van der Waals surface area contributed by atoms with E-state index in [2.05, 4.69) is 43.2 Å². The molecule has 0 aromatic heterocycles. The molecule has 0 saturated carbocycles. The van der Waals surface area contributed by atoms with Gasteiger partial charge in [-0.15, -0.1) is 0 Å². The van der Waals surface area contributed by atoms with Crippen molar-refractivity contribution in [3.8, 4) is 0 Å². The third-order valence-electron chi connectivity index (χ3n) is 4.25. The van der Waals surface area contributed by atoms with Crippen molar-refractivity contribution in [1.29, 1.82) is 0 Å². The highest BCUT2D eigenvalue weighted by Gasteiger charge is 2.07. The molecule has 0 aliphatic heterocycles. The molecular weight excluding hydrogens is 354 g/mol. The third kappa shape index (κ3) is 6.54. The summed E-state index contributed by atoms with van der Waals surface area (Å²) in [5, 5.41) is 7.24. The first-order chi connectivity index (χ1) is 13.0. The molecule has 0 amide bonds.